The summed E-state index contributed by atoms with van der Waals surface area (Å²) >= 11 is 3.49. The smallest absolute Gasteiger partial charge is 0.306 e. The molecule has 1 aromatic rings. The molecule has 3 rings (SSSR count). The summed E-state index contributed by atoms with van der Waals surface area (Å²) in [5.41, 5.74) is 2.70. The van der Waals surface area contributed by atoms with Crippen LogP contribution in [-0.4, -0.2) is 23.5 Å². The van der Waals surface area contributed by atoms with Crippen LogP contribution in [0.15, 0.2) is 53.2 Å². The third-order valence-electron chi connectivity index (χ3n) is 4.94. The number of ether oxygens (including phenoxy) is 1. The maximum atomic E-state index is 11.9. The Kier molecular flexibility index (Phi) is 5.38. The number of hydrogen-bond acceptors (Lipinski definition) is 3. The van der Waals surface area contributed by atoms with Gasteiger partial charge in [-0.05, 0) is 40.1 Å². The standard InChI is InChI=1S/C21H26BrNO2/c1-15(22)10-21(2,3)11-17-13-23(12-16-7-5-4-6-8-16)14-19-18(17)9-20(24)25-19/h4-8,13,18-19H,1,9-12,14H2,2-3H3/t18-,19+/m1/s1. The first kappa shape index (κ1) is 18.2. The van der Waals surface area contributed by atoms with Crippen LogP contribution in [0.4, 0.5) is 0 Å². The lowest BCUT2D eigenvalue weighted by Gasteiger charge is -2.37. The van der Waals surface area contributed by atoms with Crippen molar-refractivity contribution in [3.63, 3.8) is 0 Å². The number of benzene rings is 1. The van der Waals surface area contributed by atoms with E-state index in [0.717, 1.165) is 30.4 Å². The summed E-state index contributed by atoms with van der Waals surface area (Å²) in [4.78, 5) is 14.2. The summed E-state index contributed by atoms with van der Waals surface area (Å²) in [5, 5.41) is 0. The molecule has 0 unspecified atom stereocenters. The van der Waals surface area contributed by atoms with Gasteiger partial charge in [0.05, 0.1) is 13.0 Å². The molecule has 2 aliphatic heterocycles. The Morgan fingerprint density at radius 3 is 2.76 bits per heavy atom. The number of fused-ring (bicyclic) bond motifs is 1. The second-order valence-corrected chi connectivity index (χ2v) is 9.11. The highest BCUT2D eigenvalue weighted by Crippen LogP contribution is 2.42. The summed E-state index contributed by atoms with van der Waals surface area (Å²) in [6.45, 7) is 10.1. The molecule has 0 radical (unpaired) electrons. The predicted octanol–water partition coefficient (Wildman–Crippen LogP) is 5.03. The summed E-state index contributed by atoms with van der Waals surface area (Å²) in [7, 11) is 0. The van der Waals surface area contributed by atoms with Gasteiger partial charge in [-0.3, -0.25) is 4.79 Å². The van der Waals surface area contributed by atoms with E-state index in [4.69, 9.17) is 4.74 Å². The van der Waals surface area contributed by atoms with E-state index in [0.29, 0.717) is 6.42 Å². The molecule has 0 saturated carbocycles. The molecule has 0 spiro atoms. The highest BCUT2D eigenvalue weighted by atomic mass is 79.9. The van der Waals surface area contributed by atoms with Crippen molar-refractivity contribution in [2.45, 2.75) is 45.8 Å². The number of nitrogens with zero attached hydrogens (tertiary/aromatic N) is 1. The number of rotatable bonds is 6. The molecule has 3 nitrogen and oxygen atoms in total. The Morgan fingerprint density at radius 2 is 2.08 bits per heavy atom. The SMILES string of the molecule is C=C(Br)CC(C)(C)CC1=CN(Cc2ccccc2)C[C@@H]2OC(=O)C[C@H]12. The van der Waals surface area contributed by atoms with Gasteiger partial charge in [0, 0.05) is 12.5 Å². The van der Waals surface area contributed by atoms with Crippen LogP contribution in [-0.2, 0) is 16.1 Å². The monoisotopic (exact) mass is 403 g/mol. The molecule has 2 heterocycles. The third kappa shape index (κ3) is 4.75. The van der Waals surface area contributed by atoms with Crippen LogP contribution in [0.25, 0.3) is 0 Å². The fraction of sp³-hybridized carbons (Fsp3) is 0.476. The zero-order valence-electron chi connectivity index (χ0n) is 15.0. The second kappa shape index (κ2) is 7.36. The van der Waals surface area contributed by atoms with Gasteiger partial charge in [-0.1, -0.05) is 66.7 Å². The molecule has 4 heteroatoms. The van der Waals surface area contributed by atoms with E-state index >= 15 is 0 Å². The van der Waals surface area contributed by atoms with Crippen molar-refractivity contribution in [2.75, 3.05) is 6.54 Å². The largest absolute Gasteiger partial charge is 0.460 e. The second-order valence-electron chi connectivity index (χ2n) is 7.99. The van der Waals surface area contributed by atoms with E-state index in [9.17, 15) is 4.79 Å². The van der Waals surface area contributed by atoms with Crippen LogP contribution in [0.3, 0.4) is 0 Å². The number of allylic oxidation sites excluding steroid dienone is 1. The lowest BCUT2D eigenvalue weighted by Crippen LogP contribution is -2.38. The Hall–Kier alpha value is -1.55. The molecule has 1 aromatic carbocycles. The van der Waals surface area contributed by atoms with Crippen LogP contribution in [0.5, 0.6) is 0 Å². The maximum absolute atomic E-state index is 11.9. The van der Waals surface area contributed by atoms with Gasteiger partial charge in [-0.2, -0.15) is 0 Å². The molecule has 1 saturated heterocycles. The van der Waals surface area contributed by atoms with Gasteiger partial charge in [-0.15, -0.1) is 0 Å². The number of carbonyl (C=O) groups is 1. The molecule has 134 valence electrons. The fourth-order valence-electron chi connectivity index (χ4n) is 4.00. The van der Waals surface area contributed by atoms with Gasteiger partial charge in [0.1, 0.15) is 6.10 Å². The Morgan fingerprint density at radius 1 is 1.36 bits per heavy atom. The van der Waals surface area contributed by atoms with Crippen molar-refractivity contribution in [3.8, 4) is 0 Å². The molecule has 1 fully saturated rings. The van der Waals surface area contributed by atoms with E-state index in [1.165, 1.54) is 11.1 Å². The van der Waals surface area contributed by atoms with Crippen LogP contribution < -0.4 is 0 Å². The highest BCUT2D eigenvalue weighted by Gasteiger charge is 2.42. The van der Waals surface area contributed by atoms with Gasteiger partial charge < -0.3 is 9.64 Å². The van der Waals surface area contributed by atoms with Crippen LogP contribution in [0.2, 0.25) is 0 Å². The van der Waals surface area contributed by atoms with Crippen LogP contribution >= 0.6 is 15.9 Å². The molecule has 25 heavy (non-hydrogen) atoms. The normalized spacial score (nSPS) is 23.1. The topological polar surface area (TPSA) is 29.5 Å². The van der Waals surface area contributed by atoms with Gasteiger partial charge in [0.2, 0.25) is 0 Å². The first-order valence-corrected chi connectivity index (χ1v) is 9.63. The summed E-state index contributed by atoms with van der Waals surface area (Å²) in [5.74, 6) is 0.160. The number of esters is 1. The van der Waals surface area contributed by atoms with E-state index < -0.39 is 0 Å². The van der Waals surface area contributed by atoms with Crippen molar-refractivity contribution in [3.05, 3.63) is 58.7 Å². The van der Waals surface area contributed by atoms with Gasteiger partial charge in [-0.25, -0.2) is 0 Å². The Balaban J connectivity index is 1.80. The first-order valence-electron chi connectivity index (χ1n) is 8.84. The van der Waals surface area contributed by atoms with Crippen molar-refractivity contribution in [2.24, 2.45) is 11.3 Å². The average molecular weight is 404 g/mol. The molecular weight excluding hydrogens is 378 g/mol. The Bertz CT molecular complexity index is 680. The molecule has 0 bridgehead atoms. The van der Waals surface area contributed by atoms with Crippen molar-refractivity contribution >= 4 is 21.9 Å². The first-order chi connectivity index (χ1) is 11.8. The molecule has 0 aromatic heterocycles. The molecule has 0 amide bonds. The van der Waals surface area contributed by atoms with Crippen LogP contribution in [0.1, 0.15) is 38.7 Å². The minimum Gasteiger partial charge on any atom is -0.460 e. The zero-order valence-corrected chi connectivity index (χ0v) is 16.6. The maximum Gasteiger partial charge on any atom is 0.306 e. The van der Waals surface area contributed by atoms with E-state index in [1.807, 2.05) is 6.07 Å². The van der Waals surface area contributed by atoms with Crippen molar-refractivity contribution < 1.29 is 9.53 Å². The third-order valence-corrected chi connectivity index (χ3v) is 5.22. The van der Waals surface area contributed by atoms with Gasteiger partial charge >= 0.3 is 5.97 Å². The quantitative estimate of drug-likeness (QED) is 0.623. The molecule has 0 aliphatic carbocycles. The number of hydrogen-bond donors (Lipinski definition) is 0. The van der Waals surface area contributed by atoms with Crippen LogP contribution in [0, 0.1) is 11.3 Å². The number of carbonyl (C=O) groups excluding carboxylic acids is 1. The molecule has 2 aliphatic rings. The predicted molar refractivity (Wildman–Crippen MR) is 104 cm³/mol. The summed E-state index contributed by atoms with van der Waals surface area (Å²) in [6.07, 6.45) is 4.63. The highest BCUT2D eigenvalue weighted by molar-refractivity contribution is 9.11. The van der Waals surface area contributed by atoms with Gasteiger partial charge in [0.15, 0.2) is 0 Å². The number of halogens is 1. The van der Waals surface area contributed by atoms with E-state index in [-0.39, 0.29) is 23.4 Å². The lowest BCUT2D eigenvalue weighted by molar-refractivity contribution is -0.142. The summed E-state index contributed by atoms with van der Waals surface area (Å²) in [6, 6.07) is 10.4. The van der Waals surface area contributed by atoms with Crippen molar-refractivity contribution in [1.82, 2.24) is 4.90 Å². The Labute approximate surface area is 158 Å². The van der Waals surface area contributed by atoms with E-state index in [1.54, 1.807) is 0 Å². The zero-order chi connectivity index (χ0) is 18.0. The minimum absolute atomic E-state index is 0.0146. The fourth-order valence-corrected chi connectivity index (χ4v) is 4.76. The molecule has 0 N–H and O–H groups in total. The van der Waals surface area contributed by atoms with Gasteiger partial charge in [0.25, 0.3) is 0 Å². The lowest BCUT2D eigenvalue weighted by atomic mass is 9.76. The average Bonchev–Trinajstić information content (AvgIpc) is 2.87. The van der Waals surface area contributed by atoms with Crippen molar-refractivity contribution in [1.29, 1.82) is 0 Å². The molecule has 2 atom stereocenters. The summed E-state index contributed by atoms with van der Waals surface area (Å²) < 4.78 is 6.63. The van der Waals surface area contributed by atoms with E-state index in [2.05, 4.69) is 71.7 Å². The molecular formula is C21H26BrNO2. The minimum atomic E-state index is -0.0647.